The van der Waals surface area contributed by atoms with E-state index in [0.717, 1.165) is 6.26 Å². The number of ether oxygens (including phenoxy) is 2. The molecule has 0 saturated carbocycles. The average Bonchev–Trinajstić information content (AvgIpc) is 3.00. The van der Waals surface area contributed by atoms with Gasteiger partial charge in [0.25, 0.3) is 0 Å². The smallest absolute Gasteiger partial charge is 0.407 e. The number of nitrogens with zero attached hydrogens (tertiary/aromatic N) is 2. The number of rotatable bonds is 12. The first-order valence-electron chi connectivity index (χ1n) is 15.2. The number of nitrogens with one attached hydrogen (secondary N) is 1. The molecule has 2 fully saturated rings. The van der Waals surface area contributed by atoms with Crippen molar-refractivity contribution >= 4 is 21.8 Å². The van der Waals surface area contributed by atoms with E-state index in [1.807, 2.05) is 0 Å². The van der Waals surface area contributed by atoms with Crippen LogP contribution in [0.3, 0.4) is 0 Å². The Morgan fingerprint density at radius 2 is 1.77 bits per heavy atom. The molecule has 242 valence electrons. The molecule has 2 atom stereocenters. The fourth-order valence-corrected chi connectivity index (χ4v) is 6.61. The summed E-state index contributed by atoms with van der Waals surface area (Å²) in [5, 5.41) is 2.95. The summed E-state index contributed by atoms with van der Waals surface area (Å²) in [5.74, 6) is -0.579. The second-order valence-electron chi connectivity index (χ2n) is 11.7. The van der Waals surface area contributed by atoms with Crippen LogP contribution < -0.4 is 5.32 Å². The molecule has 0 radical (unpaired) electrons. The fourth-order valence-electron chi connectivity index (χ4n) is 5.98. The summed E-state index contributed by atoms with van der Waals surface area (Å²) in [6.07, 6.45) is 3.56. The molecule has 2 amide bonds. The van der Waals surface area contributed by atoms with Gasteiger partial charge in [0.1, 0.15) is 18.6 Å². The Morgan fingerprint density at radius 3 is 2.39 bits per heavy atom. The van der Waals surface area contributed by atoms with Crippen LogP contribution in [0, 0.1) is 5.82 Å². The molecule has 44 heavy (non-hydrogen) atoms. The molecule has 0 spiro atoms. The predicted molar refractivity (Wildman–Crippen MR) is 162 cm³/mol. The van der Waals surface area contributed by atoms with Crippen LogP contribution in [0.4, 0.5) is 13.6 Å². The van der Waals surface area contributed by atoms with Gasteiger partial charge < -0.3 is 24.6 Å². The van der Waals surface area contributed by atoms with Crippen LogP contribution in [-0.2, 0) is 30.5 Å². The van der Waals surface area contributed by atoms with E-state index >= 15 is 0 Å². The number of amides is 2. The minimum atomic E-state index is -3.34. The molecule has 1 N–H and O–H groups in total. The third-order valence-corrected chi connectivity index (χ3v) is 9.61. The van der Waals surface area contributed by atoms with Crippen molar-refractivity contribution in [3.63, 3.8) is 0 Å². The normalized spacial score (nSPS) is 18.4. The Labute approximate surface area is 258 Å². The van der Waals surface area contributed by atoms with Crippen LogP contribution in [0.2, 0.25) is 0 Å². The van der Waals surface area contributed by atoms with Crippen LogP contribution in [0.5, 0.6) is 0 Å². The topological polar surface area (TPSA) is 105 Å². The van der Waals surface area contributed by atoms with Gasteiger partial charge in [-0.15, -0.1) is 0 Å². The predicted octanol–water partition coefficient (Wildman–Crippen LogP) is 4.46. The van der Waals surface area contributed by atoms with Gasteiger partial charge in [0.15, 0.2) is 9.84 Å². The van der Waals surface area contributed by atoms with Gasteiger partial charge in [-0.25, -0.2) is 22.0 Å². The van der Waals surface area contributed by atoms with Crippen molar-refractivity contribution in [3.8, 4) is 0 Å². The molecule has 2 aromatic carbocycles. The van der Waals surface area contributed by atoms with Gasteiger partial charge >= 0.3 is 6.09 Å². The van der Waals surface area contributed by atoms with Crippen molar-refractivity contribution in [3.05, 3.63) is 65.5 Å². The van der Waals surface area contributed by atoms with E-state index < -0.39 is 28.6 Å². The van der Waals surface area contributed by atoms with E-state index in [4.69, 9.17) is 9.47 Å². The molecule has 12 heteroatoms. The zero-order valence-corrected chi connectivity index (χ0v) is 26.2. The molecule has 0 aliphatic carbocycles. The monoisotopic (exact) mass is 634 g/mol. The second-order valence-corrected chi connectivity index (χ2v) is 13.7. The van der Waals surface area contributed by atoms with Gasteiger partial charge in [-0.3, -0.25) is 4.79 Å². The lowest BCUT2D eigenvalue weighted by atomic mass is 9.96. The summed E-state index contributed by atoms with van der Waals surface area (Å²) in [5.41, 5.74) is 1.32. The number of alkyl halides is 1. The Morgan fingerprint density at radius 1 is 1.09 bits per heavy atom. The SMILES string of the molecule is CC(CC(NC(=O)OC1CCOCC1)c1cccc(F)c1)N1CCC(N(CC[18F])C(=O)Cc2ccc(S(C)(=O)=O)cc2)CC1. The molecule has 4 rings (SSSR count). The number of benzene rings is 2. The zero-order chi connectivity index (χ0) is 31.7. The van der Waals surface area contributed by atoms with Crippen molar-refractivity contribution in [1.82, 2.24) is 15.1 Å². The lowest BCUT2D eigenvalue weighted by molar-refractivity contribution is -0.134. The lowest BCUT2D eigenvalue weighted by Crippen LogP contribution is -2.50. The first kappa shape index (κ1) is 33.8. The quantitative estimate of drug-likeness (QED) is 0.368. The molecule has 2 heterocycles. The number of likely N-dealkylation sites (tertiary alicyclic amines) is 1. The molecule has 2 aliphatic heterocycles. The van der Waals surface area contributed by atoms with Crippen molar-refractivity contribution in [2.75, 3.05) is 45.8 Å². The number of hydrogen-bond donors (Lipinski definition) is 1. The number of sulfone groups is 1. The Hall–Kier alpha value is -3.09. The molecule has 2 aliphatic rings. The van der Waals surface area contributed by atoms with E-state index in [9.17, 15) is 26.8 Å². The maximum atomic E-state index is 14.1. The molecule has 0 aromatic heterocycles. The van der Waals surface area contributed by atoms with E-state index in [2.05, 4.69) is 17.1 Å². The van der Waals surface area contributed by atoms with Gasteiger partial charge in [-0.2, -0.15) is 0 Å². The molecule has 9 nitrogen and oxygen atoms in total. The van der Waals surface area contributed by atoms with Crippen molar-refractivity contribution in [2.45, 2.75) is 74.6 Å². The largest absolute Gasteiger partial charge is 0.446 e. The molecular weight excluding hydrogens is 591 g/mol. The molecular formula is C32H43F2N3O6S. The van der Waals surface area contributed by atoms with E-state index in [-0.39, 0.29) is 47.8 Å². The fraction of sp³-hybridized carbons (Fsp3) is 0.562. The first-order valence-corrected chi connectivity index (χ1v) is 17.1. The van der Waals surface area contributed by atoms with Crippen molar-refractivity contribution in [1.29, 1.82) is 0 Å². The van der Waals surface area contributed by atoms with Crippen molar-refractivity contribution in [2.24, 2.45) is 0 Å². The summed E-state index contributed by atoms with van der Waals surface area (Å²) < 4.78 is 62.1. The highest BCUT2D eigenvalue weighted by atomic mass is 32.2. The van der Waals surface area contributed by atoms with E-state index in [0.29, 0.717) is 69.5 Å². The minimum absolute atomic E-state index is 0.00126. The summed E-state index contributed by atoms with van der Waals surface area (Å²) in [6, 6.07) is 11.8. The molecule has 2 aromatic rings. The van der Waals surface area contributed by atoms with Crippen LogP contribution in [0.15, 0.2) is 53.4 Å². The summed E-state index contributed by atoms with van der Waals surface area (Å²) in [7, 11) is -3.34. The molecule has 0 bridgehead atoms. The van der Waals surface area contributed by atoms with Crippen LogP contribution in [0.25, 0.3) is 0 Å². The molecule has 2 saturated heterocycles. The van der Waals surface area contributed by atoms with Gasteiger partial charge in [-0.05, 0) is 61.6 Å². The first-order chi connectivity index (χ1) is 21.0. The Kier molecular flexibility index (Phi) is 12.1. The third kappa shape index (κ3) is 9.70. The van der Waals surface area contributed by atoms with Gasteiger partial charge in [0, 0.05) is 50.8 Å². The number of piperidine rings is 1. The van der Waals surface area contributed by atoms with Gasteiger partial charge in [0.2, 0.25) is 5.91 Å². The number of alkyl carbamates (subject to hydrolysis) is 1. The standard InChI is InChI=1S/C32H43F2N3O6S/c1-23(20-30(25-4-3-5-26(34)22-25)35-32(39)43-28-12-18-42-19-13-28)36-15-10-27(11-16-36)37(17-14-33)31(38)21-24-6-8-29(9-7-24)44(2,40)41/h3-9,22-23,27-28,30H,10-21H2,1-2H3,(H,35,39)/i33-1. The zero-order valence-electron chi connectivity index (χ0n) is 25.4. The highest BCUT2D eigenvalue weighted by Gasteiger charge is 2.31. The lowest BCUT2D eigenvalue weighted by Gasteiger charge is -2.41. The van der Waals surface area contributed by atoms with Gasteiger partial charge in [-0.1, -0.05) is 24.3 Å². The van der Waals surface area contributed by atoms with E-state index in [1.54, 1.807) is 29.2 Å². The number of hydrogen-bond acceptors (Lipinski definition) is 7. The number of carbonyl (C=O) groups is 2. The summed E-state index contributed by atoms with van der Waals surface area (Å²) in [6.45, 7) is 3.85. The molecule has 2 unspecified atom stereocenters. The van der Waals surface area contributed by atoms with Crippen molar-refractivity contribution < 1.29 is 36.3 Å². The maximum Gasteiger partial charge on any atom is 0.407 e. The summed E-state index contributed by atoms with van der Waals surface area (Å²) >= 11 is 0. The Balaban J connectivity index is 1.35. The highest BCUT2D eigenvalue weighted by Crippen LogP contribution is 2.26. The third-order valence-electron chi connectivity index (χ3n) is 8.48. The van der Waals surface area contributed by atoms with Crippen LogP contribution in [-0.4, -0.2) is 94.2 Å². The number of halogens is 2. The maximum absolute atomic E-state index is 14.1. The van der Waals surface area contributed by atoms with Crippen LogP contribution >= 0.6 is 0 Å². The minimum Gasteiger partial charge on any atom is -0.446 e. The second kappa shape index (κ2) is 15.8. The summed E-state index contributed by atoms with van der Waals surface area (Å²) in [4.78, 5) is 30.1. The van der Waals surface area contributed by atoms with E-state index in [1.165, 1.54) is 24.3 Å². The highest BCUT2D eigenvalue weighted by molar-refractivity contribution is 7.90. The van der Waals surface area contributed by atoms with Crippen LogP contribution in [0.1, 0.15) is 56.2 Å². The Bertz CT molecular complexity index is 1350. The average molecular weight is 635 g/mol. The van der Waals surface area contributed by atoms with Gasteiger partial charge in [0.05, 0.1) is 30.6 Å². The number of carbonyl (C=O) groups excluding carboxylic acids is 2.